The average molecular weight is 333 g/mol. The lowest BCUT2D eigenvalue weighted by Gasteiger charge is -2.20. The molecule has 23 heavy (non-hydrogen) atoms. The van der Waals surface area contributed by atoms with E-state index >= 15 is 0 Å². The maximum Gasteiger partial charge on any atom is 0.336 e. The van der Waals surface area contributed by atoms with Gasteiger partial charge in [-0.15, -0.1) is 0 Å². The van der Waals surface area contributed by atoms with Crippen molar-refractivity contribution in [1.29, 1.82) is 0 Å². The number of carboxylic acids is 2. The summed E-state index contributed by atoms with van der Waals surface area (Å²) in [5.74, 6) is -4.19. The highest BCUT2D eigenvalue weighted by Crippen LogP contribution is 2.17. The molecule has 0 aromatic carbocycles. The van der Waals surface area contributed by atoms with E-state index in [-0.39, 0.29) is 6.61 Å². The third-order valence-electron chi connectivity index (χ3n) is 3.25. The highest BCUT2D eigenvalue weighted by Gasteiger charge is 2.41. The molecule has 0 spiro atoms. The van der Waals surface area contributed by atoms with Crippen molar-refractivity contribution in [3.8, 4) is 0 Å². The Bertz CT molecular complexity index is 371. The Hall–Kier alpha value is -1.67. The molecule has 0 radical (unpaired) electrons. The molecular formula is C15H27NO7. The number of hydrogen-bond acceptors (Lipinski definition) is 6. The van der Waals surface area contributed by atoms with Crippen molar-refractivity contribution in [3.63, 3.8) is 0 Å². The summed E-state index contributed by atoms with van der Waals surface area (Å²) in [5.41, 5.74) is -2.62. The minimum atomic E-state index is -2.62. The third-order valence-corrected chi connectivity index (χ3v) is 3.25. The first-order chi connectivity index (χ1) is 10.8. The van der Waals surface area contributed by atoms with Gasteiger partial charge in [-0.25, -0.2) is 4.79 Å². The predicted molar refractivity (Wildman–Crippen MR) is 82.0 cm³/mol. The zero-order chi connectivity index (χ0) is 17.7. The summed E-state index contributed by atoms with van der Waals surface area (Å²) in [7, 11) is 0. The maximum absolute atomic E-state index is 11.2. The number of carboxylic acid groups (broad SMARTS) is 2. The third kappa shape index (κ3) is 10.6. The molecule has 1 saturated heterocycles. The van der Waals surface area contributed by atoms with Gasteiger partial charge in [0.25, 0.3) is 0 Å². The molecule has 8 heteroatoms. The Morgan fingerprint density at radius 1 is 1.09 bits per heavy atom. The minimum Gasteiger partial charge on any atom is -0.481 e. The van der Waals surface area contributed by atoms with E-state index in [1.165, 1.54) is 32.4 Å². The van der Waals surface area contributed by atoms with Crippen molar-refractivity contribution in [3.05, 3.63) is 0 Å². The van der Waals surface area contributed by atoms with Gasteiger partial charge in [0.1, 0.15) is 0 Å². The Kier molecular flexibility index (Phi) is 11.0. The number of aliphatic carboxylic acids is 2. The molecule has 1 aliphatic rings. The van der Waals surface area contributed by atoms with Crippen LogP contribution in [0.25, 0.3) is 0 Å². The highest BCUT2D eigenvalue weighted by molar-refractivity contribution is 5.88. The van der Waals surface area contributed by atoms with E-state index < -0.39 is 36.4 Å². The zero-order valence-corrected chi connectivity index (χ0v) is 13.5. The van der Waals surface area contributed by atoms with Crippen LogP contribution in [0, 0.1) is 0 Å². The number of esters is 1. The molecule has 0 aromatic rings. The smallest absolute Gasteiger partial charge is 0.336 e. The number of ether oxygens (including phenoxy) is 1. The fraction of sp³-hybridized carbons (Fsp3) is 0.800. The van der Waals surface area contributed by atoms with Crippen LogP contribution in [0.5, 0.6) is 0 Å². The van der Waals surface area contributed by atoms with Crippen LogP contribution in [0.4, 0.5) is 0 Å². The van der Waals surface area contributed by atoms with Crippen molar-refractivity contribution in [1.82, 2.24) is 5.32 Å². The molecule has 0 bridgehead atoms. The fourth-order valence-corrected chi connectivity index (χ4v) is 1.89. The first-order valence-electron chi connectivity index (χ1n) is 7.85. The van der Waals surface area contributed by atoms with Crippen LogP contribution in [0.2, 0.25) is 0 Å². The van der Waals surface area contributed by atoms with Gasteiger partial charge in [-0.05, 0) is 32.4 Å². The van der Waals surface area contributed by atoms with Crippen molar-refractivity contribution < 1.29 is 34.4 Å². The summed E-state index contributed by atoms with van der Waals surface area (Å²) in [5, 5.41) is 29.9. The second-order valence-electron chi connectivity index (χ2n) is 5.47. The van der Waals surface area contributed by atoms with Gasteiger partial charge in [0, 0.05) is 0 Å². The number of carbonyl (C=O) groups excluding carboxylic acids is 1. The van der Waals surface area contributed by atoms with Crippen molar-refractivity contribution in [2.24, 2.45) is 0 Å². The van der Waals surface area contributed by atoms with E-state index in [0.717, 1.165) is 6.42 Å². The highest BCUT2D eigenvalue weighted by atomic mass is 16.5. The van der Waals surface area contributed by atoms with Crippen LogP contribution in [-0.2, 0) is 19.1 Å². The van der Waals surface area contributed by atoms with Crippen LogP contribution in [0.15, 0.2) is 0 Å². The van der Waals surface area contributed by atoms with Gasteiger partial charge < -0.3 is 25.4 Å². The number of hydrogen-bond donors (Lipinski definition) is 4. The molecule has 0 amide bonds. The number of carbonyl (C=O) groups is 3. The molecule has 134 valence electrons. The van der Waals surface area contributed by atoms with Gasteiger partial charge >= 0.3 is 17.9 Å². The van der Waals surface area contributed by atoms with E-state index in [4.69, 9.17) is 10.2 Å². The predicted octanol–water partition coefficient (Wildman–Crippen LogP) is 0.770. The molecule has 0 aromatic heterocycles. The van der Waals surface area contributed by atoms with Crippen LogP contribution in [0.1, 0.15) is 51.9 Å². The molecule has 0 aliphatic carbocycles. The molecule has 8 nitrogen and oxygen atoms in total. The number of rotatable bonds is 8. The fourth-order valence-electron chi connectivity index (χ4n) is 1.89. The monoisotopic (exact) mass is 333 g/mol. The van der Waals surface area contributed by atoms with Crippen molar-refractivity contribution in [2.75, 3.05) is 19.7 Å². The van der Waals surface area contributed by atoms with Crippen LogP contribution >= 0.6 is 0 Å². The Morgan fingerprint density at radius 2 is 1.70 bits per heavy atom. The standard InChI is InChI=1S/C10H16O7.C5H11N/c1-2-3-4-17-8(13)6-10(16,9(14)15)5-7(11)12;1-2-4-6-5-3-1/h16H,2-6H2,1H3,(H,11,12)(H,14,15);6H,1-5H2. The summed E-state index contributed by atoms with van der Waals surface area (Å²) in [6.45, 7) is 4.50. The molecule has 1 heterocycles. The maximum atomic E-state index is 11.2. The van der Waals surface area contributed by atoms with E-state index in [9.17, 15) is 19.5 Å². The largest absolute Gasteiger partial charge is 0.481 e. The topological polar surface area (TPSA) is 133 Å². The lowest BCUT2D eigenvalue weighted by molar-refractivity contribution is -0.172. The average Bonchev–Trinajstić information content (AvgIpc) is 2.49. The second kappa shape index (κ2) is 11.8. The lowest BCUT2D eigenvalue weighted by atomic mass is 9.96. The first kappa shape index (κ1) is 21.3. The van der Waals surface area contributed by atoms with Gasteiger partial charge in [-0.1, -0.05) is 19.8 Å². The number of piperidine rings is 1. The Balaban J connectivity index is 0.000000664. The van der Waals surface area contributed by atoms with Gasteiger partial charge in [0.05, 0.1) is 19.4 Å². The quantitative estimate of drug-likeness (QED) is 0.378. The normalized spacial score (nSPS) is 16.4. The summed E-state index contributed by atoms with van der Waals surface area (Å²) in [6, 6.07) is 0. The van der Waals surface area contributed by atoms with Crippen LogP contribution in [-0.4, -0.2) is 58.5 Å². The van der Waals surface area contributed by atoms with Crippen molar-refractivity contribution >= 4 is 17.9 Å². The van der Waals surface area contributed by atoms with Crippen molar-refractivity contribution in [2.45, 2.75) is 57.5 Å². The SMILES string of the molecule is C1CCNCC1.CCCCOC(=O)CC(O)(CC(=O)O)C(=O)O. The summed E-state index contributed by atoms with van der Waals surface area (Å²) < 4.78 is 4.65. The number of aliphatic hydroxyl groups is 1. The Morgan fingerprint density at radius 3 is 2.04 bits per heavy atom. The van der Waals surface area contributed by atoms with E-state index in [0.29, 0.717) is 6.42 Å². The Labute approximate surface area is 135 Å². The summed E-state index contributed by atoms with van der Waals surface area (Å²) in [4.78, 5) is 32.3. The molecule has 4 N–H and O–H groups in total. The van der Waals surface area contributed by atoms with E-state index in [1.54, 1.807) is 0 Å². The van der Waals surface area contributed by atoms with E-state index in [1.807, 2.05) is 6.92 Å². The minimum absolute atomic E-state index is 0.123. The first-order valence-corrected chi connectivity index (χ1v) is 7.85. The van der Waals surface area contributed by atoms with Crippen LogP contribution in [0.3, 0.4) is 0 Å². The molecule has 1 aliphatic heterocycles. The summed E-state index contributed by atoms with van der Waals surface area (Å²) in [6.07, 6.45) is 3.71. The van der Waals surface area contributed by atoms with Gasteiger partial charge in [-0.2, -0.15) is 0 Å². The molecular weight excluding hydrogens is 306 g/mol. The molecule has 0 saturated carbocycles. The van der Waals surface area contributed by atoms with E-state index in [2.05, 4.69) is 10.1 Å². The summed E-state index contributed by atoms with van der Waals surface area (Å²) >= 11 is 0. The number of unbranched alkanes of at least 4 members (excludes halogenated alkanes) is 1. The molecule has 1 unspecified atom stereocenters. The zero-order valence-electron chi connectivity index (χ0n) is 13.5. The van der Waals surface area contributed by atoms with Gasteiger partial charge in [0.15, 0.2) is 5.60 Å². The van der Waals surface area contributed by atoms with Gasteiger partial charge in [-0.3, -0.25) is 9.59 Å². The number of nitrogens with one attached hydrogen (secondary N) is 1. The molecule has 1 rings (SSSR count). The van der Waals surface area contributed by atoms with Gasteiger partial charge in [0.2, 0.25) is 0 Å². The lowest BCUT2D eigenvalue weighted by Crippen LogP contribution is -2.43. The van der Waals surface area contributed by atoms with Crippen LogP contribution < -0.4 is 5.32 Å². The second-order valence-corrected chi connectivity index (χ2v) is 5.47. The molecule has 1 atom stereocenters. The molecule has 1 fully saturated rings.